The lowest BCUT2D eigenvalue weighted by atomic mass is 10.1. The molecule has 2 N–H and O–H groups in total. The number of rotatable bonds is 6. The van der Waals surface area contributed by atoms with Crippen LogP contribution in [-0.2, 0) is 20.0 Å². The van der Waals surface area contributed by atoms with Gasteiger partial charge in [0.25, 0.3) is 20.0 Å². The Morgan fingerprint density at radius 2 is 1.03 bits per heavy atom. The van der Waals surface area contributed by atoms with Crippen LogP contribution < -0.4 is 15.1 Å². The highest BCUT2D eigenvalue weighted by Crippen LogP contribution is 2.28. The van der Waals surface area contributed by atoms with Gasteiger partial charge in [-0.05, 0) is 72.8 Å². The van der Waals surface area contributed by atoms with Gasteiger partial charge in [0.1, 0.15) is 17.2 Å². The maximum atomic E-state index is 13.1. The van der Waals surface area contributed by atoms with E-state index in [1.807, 2.05) is 0 Å². The molecular formula is C25H16F2N2O6S2. The average molecular weight is 543 g/mol. The molecule has 8 nitrogen and oxygen atoms in total. The number of anilines is 2. The molecule has 37 heavy (non-hydrogen) atoms. The molecule has 0 radical (unpaired) electrons. The second-order valence-electron chi connectivity index (χ2n) is 7.98. The zero-order chi connectivity index (χ0) is 26.4. The largest absolute Gasteiger partial charge is 0.422 e. The minimum absolute atomic E-state index is 0.0282. The zero-order valence-electron chi connectivity index (χ0n) is 18.6. The fraction of sp³-hybridized carbons (Fsp3) is 0. The minimum atomic E-state index is -4.11. The van der Waals surface area contributed by atoms with Crippen molar-refractivity contribution in [1.82, 2.24) is 0 Å². The number of hydrogen-bond donors (Lipinski definition) is 2. The molecule has 5 rings (SSSR count). The molecule has 0 aliphatic rings. The first kappa shape index (κ1) is 24.4. The molecule has 0 aliphatic heterocycles. The molecule has 0 aliphatic carbocycles. The third kappa shape index (κ3) is 4.88. The van der Waals surface area contributed by atoms with Crippen molar-refractivity contribution in [2.24, 2.45) is 0 Å². The Kier molecular flexibility index (Phi) is 5.92. The highest BCUT2D eigenvalue weighted by molar-refractivity contribution is 7.93. The van der Waals surface area contributed by atoms with Crippen LogP contribution in [0.3, 0.4) is 0 Å². The van der Waals surface area contributed by atoms with E-state index in [0.29, 0.717) is 10.8 Å². The molecule has 0 amide bonds. The Morgan fingerprint density at radius 1 is 0.568 bits per heavy atom. The molecule has 0 spiro atoms. The maximum absolute atomic E-state index is 13.1. The van der Waals surface area contributed by atoms with Crippen LogP contribution in [-0.4, -0.2) is 16.8 Å². The zero-order valence-corrected chi connectivity index (χ0v) is 20.2. The van der Waals surface area contributed by atoms with Crippen molar-refractivity contribution in [3.8, 4) is 0 Å². The van der Waals surface area contributed by atoms with Crippen LogP contribution in [0.15, 0.2) is 104 Å². The molecule has 0 fully saturated rings. The van der Waals surface area contributed by atoms with Gasteiger partial charge < -0.3 is 4.42 Å². The van der Waals surface area contributed by atoms with Gasteiger partial charge in [-0.2, -0.15) is 0 Å². The molecule has 0 atom stereocenters. The van der Waals surface area contributed by atoms with Crippen molar-refractivity contribution in [3.63, 3.8) is 0 Å². The molecule has 0 saturated heterocycles. The van der Waals surface area contributed by atoms with Gasteiger partial charge >= 0.3 is 5.63 Å². The summed E-state index contributed by atoms with van der Waals surface area (Å²) in [5, 5.41) is 0.697. The summed E-state index contributed by atoms with van der Waals surface area (Å²) in [5.74, 6) is -1.05. The van der Waals surface area contributed by atoms with Gasteiger partial charge in [0.2, 0.25) is 0 Å². The van der Waals surface area contributed by atoms with E-state index in [9.17, 15) is 30.4 Å². The van der Waals surface area contributed by atoms with Crippen molar-refractivity contribution in [2.45, 2.75) is 9.79 Å². The number of halogens is 2. The smallest absolute Gasteiger partial charge is 0.344 e. The summed E-state index contributed by atoms with van der Waals surface area (Å²) in [7, 11) is -8.20. The molecule has 1 heterocycles. The molecule has 5 aromatic rings. The molecule has 0 saturated carbocycles. The molecule has 0 unspecified atom stereocenters. The molecular weight excluding hydrogens is 526 g/mol. The van der Waals surface area contributed by atoms with E-state index in [4.69, 9.17) is 4.42 Å². The number of fused-ring (bicyclic) bond motifs is 3. The van der Waals surface area contributed by atoms with Gasteiger partial charge in [0, 0.05) is 28.2 Å². The van der Waals surface area contributed by atoms with E-state index in [0.717, 1.165) is 30.3 Å². The lowest BCUT2D eigenvalue weighted by molar-refractivity contribution is 0.567. The third-order valence-electron chi connectivity index (χ3n) is 5.47. The first-order valence-electron chi connectivity index (χ1n) is 10.6. The van der Waals surface area contributed by atoms with Crippen LogP contribution >= 0.6 is 0 Å². The predicted molar refractivity (Wildman–Crippen MR) is 134 cm³/mol. The van der Waals surface area contributed by atoms with Gasteiger partial charge in [-0.25, -0.2) is 30.4 Å². The summed E-state index contributed by atoms with van der Waals surface area (Å²) < 4.78 is 87.3. The molecule has 1 aromatic heterocycles. The number of hydrogen-bond acceptors (Lipinski definition) is 6. The third-order valence-corrected chi connectivity index (χ3v) is 8.23. The van der Waals surface area contributed by atoms with E-state index in [-0.39, 0.29) is 32.1 Å². The van der Waals surface area contributed by atoms with E-state index in [2.05, 4.69) is 9.44 Å². The fourth-order valence-electron chi connectivity index (χ4n) is 3.69. The molecule has 4 aromatic carbocycles. The Hall–Kier alpha value is -4.29. The van der Waals surface area contributed by atoms with Crippen LogP contribution in [0.1, 0.15) is 0 Å². The van der Waals surface area contributed by atoms with Gasteiger partial charge in [0.05, 0.1) is 15.2 Å². The fourth-order valence-corrected chi connectivity index (χ4v) is 5.85. The normalized spacial score (nSPS) is 12.1. The van der Waals surface area contributed by atoms with Gasteiger partial charge in [-0.3, -0.25) is 9.44 Å². The van der Waals surface area contributed by atoms with Crippen LogP contribution in [0.25, 0.3) is 21.7 Å². The molecule has 188 valence electrons. The standard InChI is InChI=1S/C25H16F2N2O6S2/c26-15-1-5-17(6-2-15)28-36(31,32)19-9-11-21-22-12-10-20(14-24(22)35-25(30)23(21)13-19)37(33,34)29-18-7-3-16(27)4-8-18/h1-14,28-29H. The van der Waals surface area contributed by atoms with E-state index < -0.39 is 37.3 Å². The van der Waals surface area contributed by atoms with Crippen molar-refractivity contribution in [1.29, 1.82) is 0 Å². The van der Waals surface area contributed by atoms with Gasteiger partial charge in [-0.1, -0.05) is 6.07 Å². The predicted octanol–water partition coefficient (Wildman–Crippen LogP) is 4.83. The second-order valence-corrected chi connectivity index (χ2v) is 11.3. The van der Waals surface area contributed by atoms with Crippen LogP contribution in [0, 0.1) is 11.6 Å². The Morgan fingerprint density at radius 3 is 1.54 bits per heavy atom. The van der Waals surface area contributed by atoms with E-state index in [1.165, 1.54) is 54.6 Å². The number of sulfonamides is 2. The van der Waals surface area contributed by atoms with Crippen molar-refractivity contribution >= 4 is 53.2 Å². The van der Waals surface area contributed by atoms with Crippen LogP contribution in [0.5, 0.6) is 0 Å². The quantitative estimate of drug-likeness (QED) is 0.234. The lowest BCUT2D eigenvalue weighted by Gasteiger charge is -2.11. The van der Waals surface area contributed by atoms with Gasteiger partial charge in [0.15, 0.2) is 0 Å². The summed E-state index contributed by atoms with van der Waals surface area (Å²) >= 11 is 0. The highest BCUT2D eigenvalue weighted by Gasteiger charge is 2.20. The highest BCUT2D eigenvalue weighted by atomic mass is 32.2. The Bertz CT molecular complexity index is 1940. The summed E-state index contributed by atoms with van der Waals surface area (Å²) in [6.45, 7) is 0. The topological polar surface area (TPSA) is 123 Å². The number of benzene rings is 4. The summed E-state index contributed by atoms with van der Waals surface area (Å²) in [5.41, 5.74) is -0.624. The Labute approximate surface area is 209 Å². The summed E-state index contributed by atoms with van der Waals surface area (Å²) in [6.07, 6.45) is 0. The maximum Gasteiger partial charge on any atom is 0.344 e. The summed E-state index contributed by atoms with van der Waals surface area (Å²) in [4.78, 5) is 12.3. The second kappa shape index (κ2) is 8.98. The van der Waals surface area contributed by atoms with E-state index >= 15 is 0 Å². The summed E-state index contributed by atoms with van der Waals surface area (Å²) in [6, 6.07) is 17.2. The monoisotopic (exact) mass is 542 g/mol. The van der Waals surface area contributed by atoms with Gasteiger partial charge in [-0.15, -0.1) is 0 Å². The number of nitrogens with one attached hydrogen (secondary N) is 2. The van der Waals surface area contributed by atoms with Crippen LogP contribution in [0.2, 0.25) is 0 Å². The van der Waals surface area contributed by atoms with Crippen molar-refractivity contribution < 1.29 is 30.0 Å². The first-order chi connectivity index (χ1) is 17.5. The Balaban J connectivity index is 1.52. The molecule has 12 heteroatoms. The minimum Gasteiger partial charge on any atom is -0.422 e. The lowest BCUT2D eigenvalue weighted by Crippen LogP contribution is -2.14. The average Bonchev–Trinajstić information content (AvgIpc) is 2.86. The van der Waals surface area contributed by atoms with Crippen LogP contribution in [0.4, 0.5) is 20.2 Å². The van der Waals surface area contributed by atoms with Crippen molar-refractivity contribution in [2.75, 3.05) is 9.44 Å². The van der Waals surface area contributed by atoms with E-state index in [1.54, 1.807) is 0 Å². The van der Waals surface area contributed by atoms with Crippen molar-refractivity contribution in [3.05, 3.63) is 107 Å². The molecule has 0 bridgehead atoms. The first-order valence-corrected chi connectivity index (χ1v) is 13.6. The SMILES string of the molecule is O=c1oc2cc(S(=O)(=O)Nc3ccc(F)cc3)ccc2c2ccc(S(=O)(=O)Nc3ccc(F)cc3)cc12.